The second-order valence-electron chi connectivity index (χ2n) is 4.32. The van der Waals surface area contributed by atoms with Crippen LogP contribution in [0.3, 0.4) is 0 Å². The van der Waals surface area contributed by atoms with Crippen molar-refractivity contribution in [2.75, 3.05) is 26.3 Å². The zero-order valence-electron chi connectivity index (χ0n) is 8.74. The average Bonchev–Trinajstić information content (AvgIpc) is 2.30. The highest BCUT2D eigenvalue weighted by Gasteiger charge is 2.25. The van der Waals surface area contributed by atoms with Gasteiger partial charge in [-0.3, -0.25) is 11.3 Å². The van der Waals surface area contributed by atoms with Gasteiger partial charge in [0.15, 0.2) is 0 Å². The van der Waals surface area contributed by atoms with Crippen molar-refractivity contribution < 1.29 is 4.74 Å². The largest absolute Gasteiger partial charge is 0.381 e. The molecule has 2 rings (SSSR count). The Morgan fingerprint density at radius 2 is 1.71 bits per heavy atom. The zero-order chi connectivity index (χ0) is 9.80. The SMILES string of the molecule is NNC1CCN(C2CCOCC2)CC1. The van der Waals surface area contributed by atoms with Gasteiger partial charge < -0.3 is 9.64 Å². The smallest absolute Gasteiger partial charge is 0.0480 e. The summed E-state index contributed by atoms with van der Waals surface area (Å²) >= 11 is 0. The van der Waals surface area contributed by atoms with Gasteiger partial charge in [-0.25, -0.2) is 0 Å². The van der Waals surface area contributed by atoms with Gasteiger partial charge in [0.1, 0.15) is 0 Å². The number of ether oxygens (including phenoxy) is 1. The topological polar surface area (TPSA) is 50.5 Å². The summed E-state index contributed by atoms with van der Waals surface area (Å²) in [5, 5.41) is 0. The molecule has 0 bridgehead atoms. The maximum atomic E-state index is 5.44. The van der Waals surface area contributed by atoms with Crippen molar-refractivity contribution in [2.24, 2.45) is 5.84 Å². The fourth-order valence-electron chi connectivity index (χ4n) is 2.48. The fourth-order valence-corrected chi connectivity index (χ4v) is 2.48. The Kier molecular flexibility index (Phi) is 3.75. The Labute approximate surface area is 85.7 Å². The van der Waals surface area contributed by atoms with Gasteiger partial charge in [0, 0.05) is 25.3 Å². The first-order chi connectivity index (χ1) is 6.90. The molecule has 4 nitrogen and oxygen atoms in total. The molecule has 2 aliphatic rings. The van der Waals surface area contributed by atoms with E-state index in [4.69, 9.17) is 10.6 Å². The van der Waals surface area contributed by atoms with E-state index in [1.165, 1.54) is 38.8 Å². The van der Waals surface area contributed by atoms with E-state index in [1.807, 2.05) is 0 Å². The van der Waals surface area contributed by atoms with E-state index in [0.717, 1.165) is 19.3 Å². The number of nitrogens with zero attached hydrogens (tertiary/aromatic N) is 1. The third-order valence-corrected chi connectivity index (χ3v) is 3.47. The fraction of sp³-hybridized carbons (Fsp3) is 1.00. The van der Waals surface area contributed by atoms with Gasteiger partial charge in [-0.1, -0.05) is 0 Å². The molecule has 4 heteroatoms. The van der Waals surface area contributed by atoms with Crippen LogP contribution in [-0.4, -0.2) is 43.3 Å². The van der Waals surface area contributed by atoms with Crippen LogP contribution in [0.15, 0.2) is 0 Å². The van der Waals surface area contributed by atoms with Gasteiger partial charge in [0.25, 0.3) is 0 Å². The summed E-state index contributed by atoms with van der Waals surface area (Å²) in [6, 6.07) is 1.30. The third-order valence-electron chi connectivity index (χ3n) is 3.47. The maximum absolute atomic E-state index is 5.44. The van der Waals surface area contributed by atoms with Crippen LogP contribution in [0.2, 0.25) is 0 Å². The highest BCUT2D eigenvalue weighted by Crippen LogP contribution is 2.19. The number of rotatable bonds is 2. The Hall–Kier alpha value is -0.160. The number of piperidine rings is 1. The number of hydrogen-bond acceptors (Lipinski definition) is 4. The lowest BCUT2D eigenvalue weighted by Crippen LogP contribution is -2.49. The van der Waals surface area contributed by atoms with Gasteiger partial charge in [0.05, 0.1) is 0 Å². The predicted octanol–water partition coefficient (Wildman–Crippen LogP) is 0.0931. The first-order valence-electron chi connectivity index (χ1n) is 5.68. The summed E-state index contributed by atoms with van der Waals surface area (Å²) in [5.41, 5.74) is 2.88. The summed E-state index contributed by atoms with van der Waals surface area (Å²) in [7, 11) is 0. The van der Waals surface area contributed by atoms with Crippen molar-refractivity contribution in [3.05, 3.63) is 0 Å². The molecule has 0 aromatic heterocycles. The maximum Gasteiger partial charge on any atom is 0.0480 e. The van der Waals surface area contributed by atoms with Crippen LogP contribution in [0.4, 0.5) is 0 Å². The van der Waals surface area contributed by atoms with Crippen LogP contribution < -0.4 is 11.3 Å². The van der Waals surface area contributed by atoms with Gasteiger partial charge >= 0.3 is 0 Å². The predicted molar refractivity (Wildman–Crippen MR) is 55.8 cm³/mol. The summed E-state index contributed by atoms with van der Waals surface area (Å²) < 4.78 is 5.37. The lowest BCUT2D eigenvalue weighted by Gasteiger charge is -2.39. The zero-order valence-corrected chi connectivity index (χ0v) is 8.74. The second kappa shape index (κ2) is 5.07. The Bertz CT molecular complexity index is 163. The molecule has 14 heavy (non-hydrogen) atoms. The summed E-state index contributed by atoms with van der Waals surface area (Å²) in [6.45, 7) is 4.28. The van der Waals surface area contributed by atoms with Crippen LogP contribution in [0.5, 0.6) is 0 Å². The molecule has 2 heterocycles. The van der Waals surface area contributed by atoms with E-state index in [2.05, 4.69) is 10.3 Å². The summed E-state index contributed by atoms with van der Waals surface area (Å²) in [5.74, 6) is 5.44. The minimum absolute atomic E-state index is 0.533. The Balaban J connectivity index is 1.76. The molecule has 0 spiro atoms. The van der Waals surface area contributed by atoms with Crippen molar-refractivity contribution in [3.8, 4) is 0 Å². The number of hydrazine groups is 1. The molecule has 0 radical (unpaired) electrons. The molecule has 2 saturated heterocycles. The molecule has 0 unspecified atom stereocenters. The molecule has 0 saturated carbocycles. The lowest BCUT2D eigenvalue weighted by atomic mass is 10.0. The van der Waals surface area contributed by atoms with E-state index in [1.54, 1.807) is 0 Å². The van der Waals surface area contributed by atoms with Crippen molar-refractivity contribution >= 4 is 0 Å². The molecule has 2 fully saturated rings. The monoisotopic (exact) mass is 199 g/mol. The third kappa shape index (κ3) is 2.45. The van der Waals surface area contributed by atoms with Crippen LogP contribution >= 0.6 is 0 Å². The Morgan fingerprint density at radius 3 is 2.29 bits per heavy atom. The number of nitrogens with two attached hydrogens (primary N) is 1. The van der Waals surface area contributed by atoms with Gasteiger partial charge in [0.2, 0.25) is 0 Å². The Morgan fingerprint density at radius 1 is 1.07 bits per heavy atom. The highest BCUT2D eigenvalue weighted by atomic mass is 16.5. The van der Waals surface area contributed by atoms with Crippen molar-refractivity contribution in [2.45, 2.75) is 37.8 Å². The van der Waals surface area contributed by atoms with E-state index < -0.39 is 0 Å². The standard InChI is InChI=1S/C10H21N3O/c11-12-9-1-5-13(6-2-9)10-3-7-14-8-4-10/h9-10,12H,1-8,11H2. The molecule has 0 aliphatic carbocycles. The summed E-state index contributed by atoms with van der Waals surface area (Å²) in [4.78, 5) is 2.61. The van der Waals surface area contributed by atoms with E-state index in [9.17, 15) is 0 Å². The molecule has 2 aliphatic heterocycles. The van der Waals surface area contributed by atoms with Gasteiger partial charge in [-0.15, -0.1) is 0 Å². The molecule has 0 atom stereocenters. The number of hydrogen-bond donors (Lipinski definition) is 2. The first-order valence-corrected chi connectivity index (χ1v) is 5.68. The van der Waals surface area contributed by atoms with Crippen LogP contribution in [-0.2, 0) is 4.74 Å². The van der Waals surface area contributed by atoms with E-state index >= 15 is 0 Å². The van der Waals surface area contributed by atoms with Gasteiger partial charge in [-0.2, -0.15) is 0 Å². The highest BCUT2D eigenvalue weighted by molar-refractivity contribution is 4.81. The quantitative estimate of drug-likeness (QED) is 0.489. The average molecular weight is 199 g/mol. The molecule has 82 valence electrons. The van der Waals surface area contributed by atoms with Crippen molar-refractivity contribution in [3.63, 3.8) is 0 Å². The number of likely N-dealkylation sites (tertiary alicyclic amines) is 1. The summed E-state index contributed by atoms with van der Waals surface area (Å²) in [6.07, 6.45) is 4.79. The van der Waals surface area contributed by atoms with Crippen LogP contribution in [0, 0.1) is 0 Å². The van der Waals surface area contributed by atoms with Gasteiger partial charge in [-0.05, 0) is 38.8 Å². The molecular weight excluding hydrogens is 178 g/mol. The normalized spacial score (nSPS) is 28.1. The van der Waals surface area contributed by atoms with Crippen molar-refractivity contribution in [1.29, 1.82) is 0 Å². The molecule has 0 amide bonds. The first kappa shape index (κ1) is 10.4. The van der Waals surface area contributed by atoms with E-state index in [0.29, 0.717) is 6.04 Å². The van der Waals surface area contributed by atoms with Crippen LogP contribution in [0.1, 0.15) is 25.7 Å². The molecule has 3 N–H and O–H groups in total. The van der Waals surface area contributed by atoms with E-state index in [-0.39, 0.29) is 0 Å². The minimum atomic E-state index is 0.533. The minimum Gasteiger partial charge on any atom is -0.381 e. The van der Waals surface area contributed by atoms with Crippen LogP contribution in [0.25, 0.3) is 0 Å². The lowest BCUT2D eigenvalue weighted by molar-refractivity contribution is 0.0239. The number of nitrogens with one attached hydrogen (secondary N) is 1. The molecule has 0 aromatic rings. The van der Waals surface area contributed by atoms with Crippen molar-refractivity contribution in [1.82, 2.24) is 10.3 Å². The molecular formula is C10H21N3O. The second-order valence-corrected chi connectivity index (χ2v) is 4.32. The molecule has 0 aromatic carbocycles.